The summed E-state index contributed by atoms with van der Waals surface area (Å²) in [7, 11) is 7.33. The van der Waals surface area contributed by atoms with E-state index in [4.69, 9.17) is 4.74 Å². The lowest BCUT2D eigenvalue weighted by Gasteiger charge is -2.20. The molecule has 0 saturated carbocycles. The van der Waals surface area contributed by atoms with E-state index >= 15 is 0 Å². The highest BCUT2D eigenvalue weighted by Gasteiger charge is 2.20. The average molecular weight is 519 g/mol. The fourth-order valence-corrected chi connectivity index (χ4v) is 4.71. The van der Waals surface area contributed by atoms with Gasteiger partial charge in [-0.25, -0.2) is 13.5 Å². The number of carbonyl (C=O) groups excluding carboxylic acids is 2. The van der Waals surface area contributed by atoms with Crippen molar-refractivity contribution in [1.82, 2.24) is 24.4 Å². The van der Waals surface area contributed by atoms with Crippen LogP contribution in [0.25, 0.3) is 0 Å². The second-order valence-corrected chi connectivity index (χ2v) is 10.4. The zero-order valence-corrected chi connectivity index (χ0v) is 23.1. The molecule has 2 amide bonds. The first-order valence-corrected chi connectivity index (χ1v) is 12.8. The van der Waals surface area contributed by atoms with E-state index in [1.807, 2.05) is 58.3 Å². The van der Waals surface area contributed by atoms with Gasteiger partial charge >= 0.3 is 0 Å². The van der Waals surface area contributed by atoms with Gasteiger partial charge in [-0.05, 0) is 63.3 Å². The first-order valence-electron chi connectivity index (χ1n) is 11.6. The zero-order valence-electron chi connectivity index (χ0n) is 22.3. The van der Waals surface area contributed by atoms with Gasteiger partial charge < -0.3 is 25.2 Å². The summed E-state index contributed by atoms with van der Waals surface area (Å²) >= 11 is 0. The Labute approximate surface area is 216 Å². The molecule has 0 radical (unpaired) electrons. The lowest BCUT2D eigenvalue weighted by Crippen LogP contribution is -2.42. The van der Waals surface area contributed by atoms with Crippen LogP contribution in [0.3, 0.4) is 0 Å². The summed E-state index contributed by atoms with van der Waals surface area (Å²) in [5.41, 5.74) is 2.38. The van der Waals surface area contributed by atoms with Gasteiger partial charge in [-0.15, -0.1) is 0 Å². The Morgan fingerprint density at radius 2 is 1.75 bits per heavy atom. The van der Waals surface area contributed by atoms with Gasteiger partial charge in [-0.3, -0.25) is 9.59 Å². The van der Waals surface area contributed by atoms with E-state index in [-0.39, 0.29) is 24.9 Å². The quantitative estimate of drug-likeness (QED) is 0.413. The maximum absolute atomic E-state index is 13.0. The number of rotatable bonds is 13. The lowest BCUT2D eigenvalue weighted by molar-refractivity contribution is -0.132. The second kappa shape index (κ2) is 13.9. The monoisotopic (exact) mass is 518 g/mol. The summed E-state index contributed by atoms with van der Waals surface area (Å²) in [6.07, 6.45) is 0. The van der Waals surface area contributed by atoms with Gasteiger partial charge in [0.25, 0.3) is 0 Å². The SMILES string of the molecule is COc1cc(C)c(S(=O)N(C)CC(=O)NCC(=O)N(C)Cc2cccc(NCCN(C)C)n2)c(C)c1. The number of hydrogen-bond acceptors (Lipinski definition) is 7. The third kappa shape index (κ3) is 8.89. The van der Waals surface area contributed by atoms with Crippen LogP contribution in [0.4, 0.5) is 5.82 Å². The number of likely N-dealkylation sites (N-methyl/N-ethyl adjacent to an activating group) is 3. The summed E-state index contributed by atoms with van der Waals surface area (Å²) in [6, 6.07) is 9.26. The van der Waals surface area contributed by atoms with Crippen LogP contribution in [0, 0.1) is 13.8 Å². The Balaban J connectivity index is 1.85. The fourth-order valence-electron chi connectivity index (χ4n) is 3.49. The van der Waals surface area contributed by atoms with Crippen LogP contribution in [0.5, 0.6) is 5.75 Å². The fraction of sp³-hybridized carbons (Fsp3) is 0.480. The van der Waals surface area contributed by atoms with Gasteiger partial charge in [-0.1, -0.05) is 6.07 Å². The van der Waals surface area contributed by atoms with Crippen molar-refractivity contribution in [2.24, 2.45) is 0 Å². The number of anilines is 1. The number of hydrogen-bond donors (Lipinski definition) is 2. The number of methoxy groups -OCH3 is 1. The van der Waals surface area contributed by atoms with Crippen LogP contribution in [0.15, 0.2) is 35.2 Å². The molecule has 0 spiro atoms. The maximum Gasteiger partial charge on any atom is 0.242 e. The van der Waals surface area contributed by atoms with Gasteiger partial charge in [0.15, 0.2) is 0 Å². The van der Waals surface area contributed by atoms with Gasteiger partial charge in [0.05, 0.1) is 37.3 Å². The van der Waals surface area contributed by atoms with E-state index < -0.39 is 11.0 Å². The smallest absolute Gasteiger partial charge is 0.242 e. The molecule has 11 heteroatoms. The predicted octanol–water partition coefficient (Wildman–Crippen LogP) is 1.41. The molecule has 1 aromatic heterocycles. The molecule has 0 fully saturated rings. The molecule has 0 saturated heterocycles. The molecule has 2 N–H and O–H groups in total. The highest BCUT2D eigenvalue weighted by molar-refractivity contribution is 7.82. The zero-order chi connectivity index (χ0) is 26.8. The highest BCUT2D eigenvalue weighted by Crippen LogP contribution is 2.25. The Bertz CT molecular complexity index is 1060. The minimum absolute atomic E-state index is 0.114. The van der Waals surface area contributed by atoms with Crippen molar-refractivity contribution in [2.75, 3.05) is 66.8 Å². The molecule has 2 aromatic rings. The van der Waals surface area contributed by atoms with Crippen molar-refractivity contribution in [3.05, 3.63) is 47.2 Å². The third-order valence-corrected chi connectivity index (χ3v) is 7.12. The Hall–Kier alpha value is -3.02. The Kier molecular flexibility index (Phi) is 11.3. The number of ether oxygens (including phenoxy) is 1. The average Bonchev–Trinajstić information content (AvgIpc) is 2.81. The van der Waals surface area contributed by atoms with Crippen LogP contribution in [0.2, 0.25) is 0 Å². The number of aryl methyl sites for hydroxylation is 2. The molecule has 1 heterocycles. The van der Waals surface area contributed by atoms with E-state index in [1.54, 1.807) is 21.2 Å². The van der Waals surface area contributed by atoms with E-state index in [0.29, 0.717) is 17.2 Å². The lowest BCUT2D eigenvalue weighted by atomic mass is 10.1. The molecule has 2 rings (SSSR count). The van der Waals surface area contributed by atoms with Crippen molar-refractivity contribution in [2.45, 2.75) is 25.3 Å². The highest BCUT2D eigenvalue weighted by atomic mass is 32.2. The van der Waals surface area contributed by atoms with Crippen molar-refractivity contribution in [3.63, 3.8) is 0 Å². The molecule has 198 valence electrons. The number of aromatic nitrogens is 1. The standard InChI is InChI=1S/C25H38N6O4S/c1-18-13-21(35-7)14-19(2)25(18)36(34)31(6)17-23(32)27-15-24(33)30(5)16-20-9-8-10-22(28-20)26-11-12-29(3)4/h8-10,13-14H,11-12,15-17H2,1-7H3,(H,26,28)(H,27,32). The summed E-state index contributed by atoms with van der Waals surface area (Å²) in [6.45, 7) is 5.41. The maximum atomic E-state index is 13.0. The van der Waals surface area contributed by atoms with Crippen molar-refractivity contribution >= 4 is 28.6 Å². The molecular formula is C25H38N6O4S. The predicted molar refractivity (Wildman–Crippen MR) is 142 cm³/mol. The largest absolute Gasteiger partial charge is 0.497 e. The molecule has 0 aliphatic rings. The number of nitrogens with zero attached hydrogens (tertiary/aromatic N) is 4. The molecule has 1 unspecified atom stereocenters. The number of pyridine rings is 1. The summed E-state index contributed by atoms with van der Waals surface area (Å²) in [4.78, 5) is 33.8. The summed E-state index contributed by atoms with van der Waals surface area (Å²) in [5, 5.41) is 5.88. The summed E-state index contributed by atoms with van der Waals surface area (Å²) < 4.78 is 19.7. The molecule has 0 aliphatic heterocycles. The van der Waals surface area contributed by atoms with Crippen LogP contribution in [-0.4, -0.2) is 96.6 Å². The molecular weight excluding hydrogens is 480 g/mol. The van der Waals surface area contributed by atoms with E-state index in [2.05, 4.69) is 20.5 Å². The molecule has 0 bridgehead atoms. The first kappa shape index (κ1) is 29.2. The van der Waals surface area contributed by atoms with Crippen molar-refractivity contribution in [1.29, 1.82) is 0 Å². The third-order valence-electron chi connectivity index (χ3n) is 5.43. The van der Waals surface area contributed by atoms with E-state index in [1.165, 1.54) is 9.21 Å². The van der Waals surface area contributed by atoms with Gasteiger partial charge in [-0.2, -0.15) is 0 Å². The van der Waals surface area contributed by atoms with Crippen LogP contribution >= 0.6 is 0 Å². The second-order valence-electron chi connectivity index (χ2n) is 8.90. The Morgan fingerprint density at radius 1 is 1.08 bits per heavy atom. The number of benzene rings is 1. The van der Waals surface area contributed by atoms with Crippen LogP contribution in [0.1, 0.15) is 16.8 Å². The number of nitrogens with one attached hydrogen (secondary N) is 2. The van der Waals surface area contributed by atoms with Gasteiger partial charge in [0.1, 0.15) is 22.6 Å². The minimum atomic E-state index is -1.53. The van der Waals surface area contributed by atoms with E-state index in [9.17, 15) is 13.8 Å². The normalized spacial score (nSPS) is 11.9. The van der Waals surface area contributed by atoms with Gasteiger partial charge in [0, 0.05) is 27.2 Å². The van der Waals surface area contributed by atoms with Crippen LogP contribution < -0.4 is 15.4 Å². The van der Waals surface area contributed by atoms with Crippen LogP contribution in [-0.2, 0) is 27.1 Å². The number of amides is 2. The Morgan fingerprint density at radius 3 is 2.36 bits per heavy atom. The van der Waals surface area contributed by atoms with Crippen molar-refractivity contribution < 1.29 is 18.5 Å². The van der Waals surface area contributed by atoms with Gasteiger partial charge in [0.2, 0.25) is 11.8 Å². The molecule has 1 aromatic carbocycles. The van der Waals surface area contributed by atoms with Crippen molar-refractivity contribution in [3.8, 4) is 5.75 Å². The molecule has 10 nitrogen and oxygen atoms in total. The molecule has 0 aliphatic carbocycles. The minimum Gasteiger partial charge on any atom is -0.497 e. The number of carbonyl (C=O) groups is 2. The molecule has 1 atom stereocenters. The summed E-state index contributed by atoms with van der Waals surface area (Å²) in [5.74, 6) is 0.807. The van der Waals surface area contributed by atoms with E-state index in [0.717, 1.165) is 35.7 Å². The first-order chi connectivity index (χ1) is 17.0. The topological polar surface area (TPSA) is 107 Å². The molecule has 36 heavy (non-hydrogen) atoms.